The Bertz CT molecular complexity index is 1420. The average molecular weight is 469 g/mol. The smallest absolute Gasteiger partial charge is 0.266 e. The molecule has 10 heteroatoms. The molecular weight excluding hydrogens is 448 g/mol. The molecule has 1 N–H and O–H groups in total. The van der Waals surface area contributed by atoms with Crippen LogP contribution in [0.1, 0.15) is 40.3 Å². The van der Waals surface area contributed by atoms with E-state index in [0.717, 1.165) is 37.2 Å². The predicted molar refractivity (Wildman–Crippen MR) is 126 cm³/mol. The van der Waals surface area contributed by atoms with Crippen LogP contribution in [0.2, 0.25) is 5.02 Å². The number of fused-ring (bicyclic) bond motifs is 2. The zero-order valence-corrected chi connectivity index (χ0v) is 19.3. The maximum atomic E-state index is 13.1. The third kappa shape index (κ3) is 3.51. The lowest BCUT2D eigenvalue weighted by Gasteiger charge is -2.11. The van der Waals surface area contributed by atoms with Crippen molar-refractivity contribution in [1.82, 2.24) is 24.3 Å². The minimum Gasteiger partial charge on any atom is -0.321 e. The topological polar surface area (TPSA) is 94.7 Å². The summed E-state index contributed by atoms with van der Waals surface area (Å²) in [6, 6.07) is 5.33. The van der Waals surface area contributed by atoms with Gasteiger partial charge >= 0.3 is 0 Å². The summed E-state index contributed by atoms with van der Waals surface area (Å²) < 4.78 is 3.54. The van der Waals surface area contributed by atoms with Crippen molar-refractivity contribution in [1.29, 1.82) is 0 Å². The summed E-state index contributed by atoms with van der Waals surface area (Å²) in [4.78, 5) is 30.8. The summed E-state index contributed by atoms with van der Waals surface area (Å²) in [6.07, 6.45) is 5.72. The molecule has 4 aromatic rings. The zero-order chi connectivity index (χ0) is 22.4. The molecule has 1 aliphatic heterocycles. The van der Waals surface area contributed by atoms with Gasteiger partial charge in [0.25, 0.3) is 11.5 Å². The van der Waals surface area contributed by atoms with Gasteiger partial charge in [0.2, 0.25) is 0 Å². The van der Waals surface area contributed by atoms with Gasteiger partial charge in [0.1, 0.15) is 10.7 Å². The second kappa shape index (κ2) is 8.14. The molecule has 1 aliphatic rings. The van der Waals surface area contributed by atoms with Crippen LogP contribution in [0.3, 0.4) is 0 Å². The summed E-state index contributed by atoms with van der Waals surface area (Å²) in [6.45, 7) is 2.63. The van der Waals surface area contributed by atoms with E-state index in [0.29, 0.717) is 37.2 Å². The second-order valence-electron chi connectivity index (χ2n) is 7.95. The molecule has 0 saturated heterocycles. The van der Waals surface area contributed by atoms with Crippen molar-refractivity contribution in [2.75, 3.05) is 5.32 Å². The quantitative estimate of drug-likeness (QED) is 0.486. The number of benzene rings is 1. The first-order valence-corrected chi connectivity index (χ1v) is 11.6. The van der Waals surface area contributed by atoms with E-state index in [1.54, 1.807) is 26.1 Å². The number of amides is 1. The number of hydrogen-bond donors (Lipinski definition) is 1. The Morgan fingerprint density at radius 1 is 1.22 bits per heavy atom. The number of aromatic nitrogens is 5. The van der Waals surface area contributed by atoms with Crippen molar-refractivity contribution >= 4 is 44.7 Å². The number of nitrogens with one attached hydrogen (secondary N) is 1. The summed E-state index contributed by atoms with van der Waals surface area (Å²) >= 11 is 7.71. The molecule has 0 bridgehead atoms. The van der Waals surface area contributed by atoms with E-state index in [1.165, 1.54) is 28.7 Å². The van der Waals surface area contributed by atoms with Crippen LogP contribution in [0.15, 0.2) is 29.3 Å². The van der Waals surface area contributed by atoms with Crippen molar-refractivity contribution in [3.8, 4) is 11.4 Å². The predicted octanol–water partition coefficient (Wildman–Crippen LogP) is 4.19. The highest BCUT2D eigenvalue weighted by Crippen LogP contribution is 2.32. The van der Waals surface area contributed by atoms with E-state index in [9.17, 15) is 9.59 Å². The van der Waals surface area contributed by atoms with Gasteiger partial charge in [-0.2, -0.15) is 0 Å². The Morgan fingerprint density at radius 3 is 2.91 bits per heavy atom. The van der Waals surface area contributed by atoms with Crippen LogP contribution in [-0.2, 0) is 20.0 Å². The molecule has 4 heterocycles. The van der Waals surface area contributed by atoms with E-state index in [2.05, 4.69) is 25.1 Å². The number of aryl methyl sites for hydroxylation is 3. The number of halogens is 1. The molecular formula is C22H21ClN6O2S. The Kier molecular flexibility index (Phi) is 5.30. The fourth-order valence-electron chi connectivity index (χ4n) is 4.07. The molecule has 1 amide bonds. The first-order valence-electron chi connectivity index (χ1n) is 10.4. The van der Waals surface area contributed by atoms with Gasteiger partial charge in [0, 0.05) is 31.3 Å². The van der Waals surface area contributed by atoms with E-state index in [1.807, 2.05) is 6.07 Å². The maximum absolute atomic E-state index is 13.1. The van der Waals surface area contributed by atoms with Crippen LogP contribution >= 0.6 is 22.9 Å². The molecule has 8 nitrogen and oxygen atoms in total. The Balaban J connectivity index is 1.49. The highest BCUT2D eigenvalue weighted by atomic mass is 35.5. The minimum absolute atomic E-state index is 0.163. The lowest BCUT2D eigenvalue weighted by atomic mass is 10.1. The molecule has 0 saturated carbocycles. The van der Waals surface area contributed by atoms with E-state index in [-0.39, 0.29) is 11.5 Å². The highest BCUT2D eigenvalue weighted by molar-refractivity contribution is 7.20. The van der Waals surface area contributed by atoms with E-state index < -0.39 is 0 Å². The summed E-state index contributed by atoms with van der Waals surface area (Å²) in [5.74, 6) is 1.40. The molecule has 164 valence electrons. The van der Waals surface area contributed by atoms with Crippen LogP contribution in [0, 0.1) is 6.92 Å². The molecule has 0 spiro atoms. The van der Waals surface area contributed by atoms with Crippen LogP contribution < -0.4 is 10.9 Å². The Hall–Kier alpha value is -3.04. The highest BCUT2D eigenvalue weighted by Gasteiger charge is 2.21. The van der Waals surface area contributed by atoms with Gasteiger partial charge in [0.05, 0.1) is 21.6 Å². The SMILES string of the molecule is Cc1c(C(=O)Nc2ccc(Cl)c(-c3nnc4n3CCCCC4)c2)sc2ncn(C)c(=O)c12. The van der Waals surface area contributed by atoms with Crippen molar-refractivity contribution in [2.24, 2.45) is 7.05 Å². The van der Waals surface area contributed by atoms with Gasteiger partial charge in [0.15, 0.2) is 5.82 Å². The monoisotopic (exact) mass is 468 g/mol. The molecule has 3 aromatic heterocycles. The molecule has 0 fully saturated rings. The Labute approximate surface area is 192 Å². The molecule has 0 unspecified atom stereocenters. The summed E-state index contributed by atoms with van der Waals surface area (Å²) in [7, 11) is 1.64. The molecule has 5 rings (SSSR count). The molecule has 0 radical (unpaired) electrons. The van der Waals surface area contributed by atoms with E-state index >= 15 is 0 Å². The number of hydrogen-bond acceptors (Lipinski definition) is 6. The second-order valence-corrected chi connectivity index (χ2v) is 9.35. The van der Waals surface area contributed by atoms with Gasteiger partial charge in [-0.25, -0.2) is 4.98 Å². The molecule has 0 aliphatic carbocycles. The lowest BCUT2D eigenvalue weighted by molar-refractivity contribution is 0.103. The van der Waals surface area contributed by atoms with Crippen molar-refractivity contribution < 1.29 is 4.79 Å². The first kappa shape index (κ1) is 20.8. The van der Waals surface area contributed by atoms with E-state index in [4.69, 9.17) is 11.6 Å². The summed E-state index contributed by atoms with van der Waals surface area (Å²) in [5.41, 5.74) is 1.80. The number of carbonyl (C=O) groups is 1. The minimum atomic E-state index is -0.291. The van der Waals surface area contributed by atoms with Crippen LogP contribution in [0.25, 0.3) is 21.6 Å². The number of carbonyl (C=O) groups excluding carboxylic acids is 1. The van der Waals surface area contributed by atoms with Gasteiger partial charge in [-0.05, 0) is 43.5 Å². The molecule has 0 atom stereocenters. The van der Waals surface area contributed by atoms with Crippen molar-refractivity contribution in [3.63, 3.8) is 0 Å². The number of nitrogens with zero attached hydrogens (tertiary/aromatic N) is 5. The normalized spacial score (nSPS) is 13.7. The fraction of sp³-hybridized carbons (Fsp3) is 0.318. The third-order valence-corrected chi connectivity index (χ3v) is 7.32. The van der Waals surface area contributed by atoms with Crippen LogP contribution in [0.5, 0.6) is 0 Å². The number of thiophene rings is 1. The molecule has 1 aromatic carbocycles. The van der Waals surface area contributed by atoms with Crippen LogP contribution in [-0.4, -0.2) is 30.2 Å². The fourth-order valence-corrected chi connectivity index (χ4v) is 5.31. The van der Waals surface area contributed by atoms with Crippen LogP contribution in [0.4, 0.5) is 5.69 Å². The van der Waals surface area contributed by atoms with Gasteiger partial charge in [-0.3, -0.25) is 9.59 Å². The van der Waals surface area contributed by atoms with Crippen molar-refractivity contribution in [3.05, 3.63) is 56.2 Å². The van der Waals surface area contributed by atoms with Gasteiger partial charge < -0.3 is 14.5 Å². The van der Waals surface area contributed by atoms with Crippen molar-refractivity contribution in [2.45, 2.75) is 39.2 Å². The zero-order valence-electron chi connectivity index (χ0n) is 17.7. The van der Waals surface area contributed by atoms with Gasteiger partial charge in [-0.15, -0.1) is 21.5 Å². The standard InChI is InChI=1S/C22H21ClN6O2S/c1-12-17-21(24-11-28(2)22(17)31)32-18(12)20(30)25-13-7-8-15(23)14(10-13)19-27-26-16-6-4-3-5-9-29(16)19/h7-8,10-11H,3-6,9H2,1-2H3,(H,25,30). The number of rotatable bonds is 3. The Morgan fingerprint density at radius 2 is 2.06 bits per heavy atom. The third-order valence-electron chi connectivity index (χ3n) is 5.79. The largest absolute Gasteiger partial charge is 0.321 e. The number of anilines is 1. The maximum Gasteiger partial charge on any atom is 0.266 e. The molecule has 32 heavy (non-hydrogen) atoms. The average Bonchev–Trinajstić information content (AvgIpc) is 3.24. The summed E-state index contributed by atoms with van der Waals surface area (Å²) in [5, 5.41) is 12.7. The lowest BCUT2D eigenvalue weighted by Crippen LogP contribution is -2.17. The van der Waals surface area contributed by atoms with Gasteiger partial charge in [-0.1, -0.05) is 18.0 Å². The first-order chi connectivity index (χ1) is 15.4.